The Morgan fingerprint density at radius 1 is 0.724 bits per heavy atom. The standard InChI is InChI=1S/C19H22O9S/c1-10(20)24-15-16(25-11(2)21)18(27-13(4)23)28-19(17(15)26-12(3)22)29-14-8-6-5-7-9-14/h5-9,15-19H,1-4H3. The first-order valence-electron chi connectivity index (χ1n) is 8.73. The second kappa shape index (κ2) is 10.3. The van der Waals surface area contributed by atoms with Crippen LogP contribution in [0.5, 0.6) is 0 Å². The van der Waals surface area contributed by atoms with E-state index in [1.54, 1.807) is 24.3 Å². The van der Waals surface area contributed by atoms with Crippen molar-refractivity contribution in [2.24, 2.45) is 0 Å². The predicted octanol–water partition coefficient (Wildman–Crippen LogP) is 1.82. The molecule has 0 amide bonds. The molecule has 1 fully saturated rings. The summed E-state index contributed by atoms with van der Waals surface area (Å²) in [5.74, 6) is -2.76. The first-order valence-corrected chi connectivity index (χ1v) is 9.61. The van der Waals surface area contributed by atoms with Gasteiger partial charge in [-0.15, -0.1) is 0 Å². The minimum Gasteiger partial charge on any atom is -0.455 e. The van der Waals surface area contributed by atoms with Gasteiger partial charge >= 0.3 is 23.9 Å². The molecule has 1 heterocycles. The molecule has 1 aromatic carbocycles. The summed E-state index contributed by atoms with van der Waals surface area (Å²) in [4.78, 5) is 47.3. The van der Waals surface area contributed by atoms with Crippen LogP contribution in [0.15, 0.2) is 35.2 Å². The zero-order chi connectivity index (χ0) is 21.6. The molecule has 0 aromatic heterocycles. The maximum atomic E-state index is 11.7. The quantitative estimate of drug-likeness (QED) is 0.493. The molecule has 9 nitrogen and oxygen atoms in total. The fourth-order valence-corrected chi connectivity index (χ4v) is 3.82. The monoisotopic (exact) mass is 426 g/mol. The normalized spacial score (nSPS) is 26.1. The Morgan fingerprint density at radius 2 is 1.21 bits per heavy atom. The predicted molar refractivity (Wildman–Crippen MR) is 99.4 cm³/mol. The summed E-state index contributed by atoms with van der Waals surface area (Å²) >= 11 is 1.17. The molecule has 2 rings (SSSR count). The SMILES string of the molecule is CC(=O)OC1OC(Sc2ccccc2)C(OC(C)=O)C(OC(C)=O)C1OC(C)=O. The Morgan fingerprint density at radius 3 is 1.72 bits per heavy atom. The van der Waals surface area contributed by atoms with Gasteiger partial charge in [0.25, 0.3) is 0 Å². The molecule has 1 aliphatic rings. The first kappa shape index (κ1) is 22.7. The van der Waals surface area contributed by atoms with Crippen molar-refractivity contribution in [2.75, 3.05) is 0 Å². The summed E-state index contributed by atoms with van der Waals surface area (Å²) in [5, 5.41) is 0. The van der Waals surface area contributed by atoms with Crippen LogP contribution >= 0.6 is 11.8 Å². The van der Waals surface area contributed by atoms with E-state index in [9.17, 15) is 19.2 Å². The van der Waals surface area contributed by atoms with Gasteiger partial charge < -0.3 is 23.7 Å². The summed E-state index contributed by atoms with van der Waals surface area (Å²) in [6.07, 6.45) is -5.07. The smallest absolute Gasteiger partial charge is 0.305 e. The van der Waals surface area contributed by atoms with Crippen LogP contribution in [0.1, 0.15) is 27.7 Å². The molecule has 5 atom stereocenters. The van der Waals surface area contributed by atoms with Crippen LogP contribution in [0.3, 0.4) is 0 Å². The highest BCUT2D eigenvalue weighted by molar-refractivity contribution is 7.99. The van der Waals surface area contributed by atoms with Gasteiger partial charge in [0.1, 0.15) is 0 Å². The van der Waals surface area contributed by atoms with Crippen molar-refractivity contribution in [1.82, 2.24) is 0 Å². The Kier molecular flexibility index (Phi) is 8.03. The lowest BCUT2D eigenvalue weighted by atomic mass is 10.0. The van der Waals surface area contributed by atoms with Crippen LogP contribution in [0.25, 0.3) is 0 Å². The van der Waals surface area contributed by atoms with Crippen LogP contribution in [0.4, 0.5) is 0 Å². The van der Waals surface area contributed by atoms with Crippen LogP contribution in [-0.2, 0) is 42.9 Å². The Hall–Kier alpha value is -2.59. The molecule has 1 aliphatic heterocycles. The van der Waals surface area contributed by atoms with E-state index in [1.165, 1.54) is 18.7 Å². The van der Waals surface area contributed by atoms with Crippen molar-refractivity contribution >= 4 is 35.6 Å². The Labute approximate surface area is 172 Å². The average molecular weight is 426 g/mol. The maximum absolute atomic E-state index is 11.7. The van der Waals surface area contributed by atoms with Gasteiger partial charge in [-0.3, -0.25) is 19.2 Å². The largest absolute Gasteiger partial charge is 0.455 e. The van der Waals surface area contributed by atoms with Gasteiger partial charge in [0, 0.05) is 32.6 Å². The lowest BCUT2D eigenvalue weighted by Gasteiger charge is -2.43. The van der Waals surface area contributed by atoms with E-state index in [2.05, 4.69) is 0 Å². The molecule has 0 saturated carbocycles. The third-order valence-corrected chi connectivity index (χ3v) is 4.79. The summed E-state index contributed by atoms with van der Waals surface area (Å²) < 4.78 is 26.9. The number of carbonyl (C=O) groups excluding carboxylic acids is 4. The van der Waals surface area contributed by atoms with Gasteiger partial charge in [0.05, 0.1) is 0 Å². The molecule has 1 aromatic rings. The van der Waals surface area contributed by atoms with E-state index < -0.39 is 53.9 Å². The molecule has 0 spiro atoms. The number of carbonyl (C=O) groups is 4. The van der Waals surface area contributed by atoms with Crippen LogP contribution in [-0.4, -0.2) is 53.9 Å². The van der Waals surface area contributed by atoms with E-state index in [-0.39, 0.29) is 0 Å². The van der Waals surface area contributed by atoms with E-state index in [4.69, 9.17) is 23.7 Å². The van der Waals surface area contributed by atoms with Crippen molar-refractivity contribution in [3.05, 3.63) is 30.3 Å². The van der Waals surface area contributed by atoms with E-state index in [0.29, 0.717) is 0 Å². The van der Waals surface area contributed by atoms with Gasteiger partial charge in [-0.05, 0) is 12.1 Å². The fourth-order valence-electron chi connectivity index (χ4n) is 2.72. The maximum Gasteiger partial charge on any atom is 0.305 e. The molecule has 0 bridgehead atoms. The Bertz CT molecular complexity index is 751. The summed E-state index contributed by atoms with van der Waals surface area (Å²) in [7, 11) is 0. The number of benzene rings is 1. The summed E-state index contributed by atoms with van der Waals surface area (Å²) in [5.41, 5.74) is -0.915. The first-order chi connectivity index (χ1) is 13.7. The molecule has 10 heteroatoms. The third kappa shape index (κ3) is 6.75. The summed E-state index contributed by atoms with van der Waals surface area (Å²) in [6, 6.07) is 9.05. The van der Waals surface area contributed by atoms with Gasteiger partial charge in [0.2, 0.25) is 12.4 Å². The molecule has 158 valence electrons. The number of hydrogen-bond donors (Lipinski definition) is 0. The number of rotatable bonds is 6. The average Bonchev–Trinajstić information content (AvgIpc) is 2.60. The highest BCUT2D eigenvalue weighted by atomic mass is 32.2. The molecule has 29 heavy (non-hydrogen) atoms. The molecular formula is C19H22O9S. The van der Waals surface area contributed by atoms with Crippen molar-refractivity contribution in [2.45, 2.75) is 62.6 Å². The molecular weight excluding hydrogens is 404 g/mol. The van der Waals surface area contributed by atoms with Gasteiger partial charge in [-0.2, -0.15) is 0 Å². The van der Waals surface area contributed by atoms with Crippen molar-refractivity contribution in [1.29, 1.82) is 0 Å². The minimum absolute atomic E-state index is 0.651. The Balaban J connectivity index is 2.44. The number of thioether (sulfide) groups is 1. The second-order valence-electron chi connectivity index (χ2n) is 6.14. The van der Waals surface area contributed by atoms with Gasteiger partial charge in [-0.25, -0.2) is 0 Å². The lowest BCUT2D eigenvalue weighted by molar-refractivity contribution is -0.280. The lowest BCUT2D eigenvalue weighted by Crippen LogP contribution is -2.61. The zero-order valence-electron chi connectivity index (χ0n) is 16.4. The van der Waals surface area contributed by atoms with Crippen LogP contribution in [0.2, 0.25) is 0 Å². The van der Waals surface area contributed by atoms with Gasteiger partial charge in [0.15, 0.2) is 17.6 Å². The number of esters is 4. The second-order valence-corrected chi connectivity index (χ2v) is 7.31. The highest BCUT2D eigenvalue weighted by Gasteiger charge is 2.53. The minimum atomic E-state index is -1.37. The van der Waals surface area contributed by atoms with Crippen molar-refractivity contribution in [3.8, 4) is 0 Å². The van der Waals surface area contributed by atoms with Crippen LogP contribution < -0.4 is 0 Å². The highest BCUT2D eigenvalue weighted by Crippen LogP contribution is 2.37. The third-order valence-electron chi connectivity index (χ3n) is 3.64. The zero-order valence-corrected chi connectivity index (χ0v) is 17.2. The van der Waals surface area contributed by atoms with E-state index in [1.807, 2.05) is 6.07 Å². The fraction of sp³-hybridized carbons (Fsp3) is 0.474. The van der Waals surface area contributed by atoms with E-state index in [0.717, 1.165) is 25.7 Å². The molecule has 0 radical (unpaired) electrons. The number of ether oxygens (including phenoxy) is 5. The molecule has 1 saturated heterocycles. The number of hydrogen-bond acceptors (Lipinski definition) is 10. The van der Waals surface area contributed by atoms with E-state index >= 15 is 0 Å². The van der Waals surface area contributed by atoms with Gasteiger partial charge in [-0.1, -0.05) is 30.0 Å². The van der Waals surface area contributed by atoms with Crippen molar-refractivity contribution in [3.63, 3.8) is 0 Å². The molecule has 5 unspecified atom stereocenters. The summed E-state index contributed by atoms with van der Waals surface area (Å²) in [6.45, 7) is 4.65. The topological polar surface area (TPSA) is 114 Å². The molecule has 0 N–H and O–H groups in total. The molecule has 0 aliphatic carbocycles. The van der Waals surface area contributed by atoms with Crippen LogP contribution in [0, 0.1) is 0 Å². The van der Waals surface area contributed by atoms with Crippen molar-refractivity contribution < 1.29 is 42.9 Å².